The van der Waals surface area contributed by atoms with Gasteiger partial charge in [-0.1, -0.05) is 70.0 Å². The average molecular weight is 449 g/mol. The third kappa shape index (κ3) is 3.07. The lowest BCUT2D eigenvalue weighted by atomic mass is 10.2. The van der Waals surface area contributed by atoms with Gasteiger partial charge < -0.3 is 9.30 Å². The van der Waals surface area contributed by atoms with Gasteiger partial charge in [0.15, 0.2) is 0 Å². The number of fused-ring (bicyclic) bond motifs is 3. The highest BCUT2D eigenvalue weighted by Gasteiger charge is 2.12. The summed E-state index contributed by atoms with van der Waals surface area (Å²) < 4.78 is 9.23. The first-order valence-corrected chi connectivity index (χ1v) is 10.1. The van der Waals surface area contributed by atoms with Crippen molar-refractivity contribution in [2.24, 2.45) is 0 Å². The van der Waals surface area contributed by atoms with Gasteiger partial charge in [0.1, 0.15) is 11.5 Å². The van der Waals surface area contributed by atoms with Gasteiger partial charge in [0.2, 0.25) is 0 Å². The van der Waals surface area contributed by atoms with Gasteiger partial charge >= 0.3 is 0 Å². The summed E-state index contributed by atoms with van der Waals surface area (Å²) in [5, 5.41) is 3.11. The van der Waals surface area contributed by atoms with Crippen LogP contribution in [0.2, 0.25) is 5.02 Å². The molecule has 1 heterocycles. The Hall–Kier alpha value is -2.75. The van der Waals surface area contributed by atoms with Crippen LogP contribution in [0.4, 0.5) is 0 Å². The van der Waals surface area contributed by atoms with E-state index in [4.69, 9.17) is 16.3 Å². The molecule has 0 unspecified atom stereocenters. The number of hydrogen-bond acceptors (Lipinski definition) is 1. The van der Waals surface area contributed by atoms with Crippen molar-refractivity contribution in [2.75, 3.05) is 0 Å². The normalized spacial score (nSPS) is 11.2. The number of benzene rings is 4. The number of ether oxygens (including phenoxy) is 1. The van der Waals surface area contributed by atoms with Gasteiger partial charge in [-0.05, 0) is 42.5 Å². The highest BCUT2D eigenvalue weighted by Crippen LogP contribution is 2.34. The molecule has 0 saturated carbocycles. The molecule has 136 valence electrons. The van der Waals surface area contributed by atoms with E-state index < -0.39 is 0 Å². The summed E-state index contributed by atoms with van der Waals surface area (Å²) in [6.45, 7) is 0. The summed E-state index contributed by atoms with van der Waals surface area (Å²) in [5.74, 6) is 1.45. The van der Waals surface area contributed by atoms with Crippen molar-refractivity contribution >= 4 is 49.3 Å². The third-order valence-corrected chi connectivity index (χ3v) is 5.40. The maximum atomic E-state index is 6.15. The smallest absolute Gasteiger partial charge is 0.130 e. The van der Waals surface area contributed by atoms with Crippen LogP contribution < -0.4 is 4.74 Å². The number of nitrogens with zero attached hydrogens (tertiary/aromatic N) is 1. The number of rotatable bonds is 3. The molecule has 0 amide bonds. The number of aromatic nitrogens is 1. The van der Waals surface area contributed by atoms with E-state index in [-0.39, 0.29) is 0 Å². The van der Waals surface area contributed by atoms with Crippen LogP contribution in [0.5, 0.6) is 11.5 Å². The largest absolute Gasteiger partial charge is 0.457 e. The second-order valence-corrected chi connectivity index (χ2v) is 7.93. The Balaban J connectivity index is 1.65. The second kappa shape index (κ2) is 7.01. The number of hydrogen-bond donors (Lipinski definition) is 0. The van der Waals surface area contributed by atoms with Crippen LogP contribution in [0.3, 0.4) is 0 Å². The van der Waals surface area contributed by atoms with E-state index in [1.807, 2.05) is 30.3 Å². The van der Waals surface area contributed by atoms with Gasteiger partial charge in [-0.2, -0.15) is 0 Å². The van der Waals surface area contributed by atoms with E-state index in [1.165, 1.54) is 21.8 Å². The van der Waals surface area contributed by atoms with E-state index in [0.29, 0.717) is 10.8 Å². The maximum Gasteiger partial charge on any atom is 0.130 e. The standard InChI is InChI=1S/C24H15BrClNO/c25-16-12-17(26)14-20(13-16)28-19-7-5-6-18(15-19)27-23-10-3-1-8-21(23)22-9-2-4-11-24(22)27/h1-15H. The fourth-order valence-electron chi connectivity index (χ4n) is 3.61. The molecule has 0 saturated heterocycles. The minimum atomic E-state index is 0.628. The zero-order chi connectivity index (χ0) is 19.1. The maximum absolute atomic E-state index is 6.15. The Morgan fingerprint density at radius 1 is 0.679 bits per heavy atom. The van der Waals surface area contributed by atoms with E-state index in [2.05, 4.69) is 75.1 Å². The summed E-state index contributed by atoms with van der Waals surface area (Å²) in [4.78, 5) is 0. The van der Waals surface area contributed by atoms with Gasteiger partial charge in [0.25, 0.3) is 0 Å². The molecular weight excluding hydrogens is 434 g/mol. The van der Waals surface area contributed by atoms with Crippen LogP contribution >= 0.6 is 27.5 Å². The molecule has 28 heavy (non-hydrogen) atoms. The zero-order valence-corrected chi connectivity index (χ0v) is 17.1. The minimum absolute atomic E-state index is 0.628. The molecule has 0 aliphatic carbocycles. The molecule has 0 spiro atoms. The topological polar surface area (TPSA) is 14.2 Å². The van der Waals surface area contributed by atoms with Gasteiger partial charge in [0, 0.05) is 32.0 Å². The average Bonchev–Trinajstić information content (AvgIpc) is 3.02. The number of halogens is 2. The molecule has 0 fully saturated rings. The Morgan fingerprint density at radius 2 is 1.36 bits per heavy atom. The van der Waals surface area contributed by atoms with Crippen LogP contribution in [0, 0.1) is 0 Å². The molecule has 5 aromatic rings. The summed E-state index contributed by atoms with van der Waals surface area (Å²) in [5.41, 5.74) is 3.40. The summed E-state index contributed by atoms with van der Waals surface area (Å²) in [7, 11) is 0. The van der Waals surface area contributed by atoms with Crippen molar-refractivity contribution < 1.29 is 4.74 Å². The van der Waals surface area contributed by atoms with E-state index in [0.717, 1.165) is 15.9 Å². The van der Waals surface area contributed by atoms with Crippen molar-refractivity contribution in [3.8, 4) is 17.2 Å². The van der Waals surface area contributed by atoms with Crippen molar-refractivity contribution in [2.45, 2.75) is 0 Å². The van der Waals surface area contributed by atoms with Gasteiger partial charge in [0.05, 0.1) is 11.0 Å². The first-order chi connectivity index (χ1) is 13.7. The van der Waals surface area contributed by atoms with Crippen molar-refractivity contribution in [1.29, 1.82) is 0 Å². The molecule has 4 heteroatoms. The first-order valence-electron chi connectivity index (χ1n) is 8.92. The molecule has 0 radical (unpaired) electrons. The lowest BCUT2D eigenvalue weighted by Crippen LogP contribution is -1.94. The van der Waals surface area contributed by atoms with Gasteiger partial charge in [-0.25, -0.2) is 0 Å². The predicted octanol–water partition coefficient (Wildman–Crippen LogP) is 7.99. The summed E-state index contributed by atoms with van der Waals surface area (Å²) >= 11 is 9.60. The van der Waals surface area contributed by atoms with Gasteiger partial charge in [-0.15, -0.1) is 0 Å². The van der Waals surface area contributed by atoms with E-state index in [9.17, 15) is 0 Å². The highest BCUT2D eigenvalue weighted by molar-refractivity contribution is 9.10. The lowest BCUT2D eigenvalue weighted by Gasteiger charge is -2.11. The lowest BCUT2D eigenvalue weighted by molar-refractivity contribution is 0.482. The summed E-state index contributed by atoms with van der Waals surface area (Å²) in [6, 6.07) is 30.6. The van der Waals surface area contributed by atoms with Crippen LogP contribution in [-0.4, -0.2) is 4.57 Å². The third-order valence-electron chi connectivity index (χ3n) is 4.73. The highest BCUT2D eigenvalue weighted by atomic mass is 79.9. The number of para-hydroxylation sites is 2. The molecule has 4 aromatic carbocycles. The predicted molar refractivity (Wildman–Crippen MR) is 120 cm³/mol. The van der Waals surface area contributed by atoms with E-state index >= 15 is 0 Å². The Bertz CT molecular complexity index is 1250. The van der Waals surface area contributed by atoms with Crippen LogP contribution in [0.25, 0.3) is 27.5 Å². The molecule has 1 aromatic heterocycles. The molecule has 0 aliphatic heterocycles. The summed E-state index contributed by atoms with van der Waals surface area (Å²) in [6.07, 6.45) is 0. The van der Waals surface area contributed by atoms with Crippen molar-refractivity contribution in [1.82, 2.24) is 4.57 Å². The Kier molecular flexibility index (Phi) is 4.34. The zero-order valence-electron chi connectivity index (χ0n) is 14.8. The molecule has 0 N–H and O–H groups in total. The molecule has 0 bridgehead atoms. The van der Waals surface area contributed by atoms with Crippen LogP contribution in [-0.2, 0) is 0 Å². The SMILES string of the molecule is Clc1cc(Br)cc(Oc2cccc(-n3c4ccccc4c4ccccc43)c2)c1. The van der Waals surface area contributed by atoms with Crippen LogP contribution in [0.1, 0.15) is 0 Å². The van der Waals surface area contributed by atoms with Crippen molar-refractivity contribution in [3.05, 3.63) is 100 Å². The fourth-order valence-corrected chi connectivity index (χ4v) is 4.44. The van der Waals surface area contributed by atoms with E-state index in [1.54, 1.807) is 6.07 Å². The molecule has 2 nitrogen and oxygen atoms in total. The minimum Gasteiger partial charge on any atom is -0.457 e. The van der Waals surface area contributed by atoms with Crippen LogP contribution in [0.15, 0.2) is 95.5 Å². The molecular formula is C24H15BrClNO. The molecule has 0 aliphatic rings. The first kappa shape index (κ1) is 17.4. The monoisotopic (exact) mass is 447 g/mol. The second-order valence-electron chi connectivity index (χ2n) is 6.57. The molecule has 5 rings (SSSR count). The fraction of sp³-hybridized carbons (Fsp3) is 0. The van der Waals surface area contributed by atoms with Gasteiger partial charge in [-0.3, -0.25) is 0 Å². The Labute approximate surface area is 176 Å². The Morgan fingerprint density at radius 3 is 2.04 bits per heavy atom. The quantitative estimate of drug-likeness (QED) is 0.273. The molecule has 0 atom stereocenters. The van der Waals surface area contributed by atoms with Crippen molar-refractivity contribution in [3.63, 3.8) is 0 Å².